The fourth-order valence-electron chi connectivity index (χ4n) is 6.44. The number of amides is 2. The van der Waals surface area contributed by atoms with Crippen molar-refractivity contribution in [3.63, 3.8) is 0 Å². The van der Waals surface area contributed by atoms with Gasteiger partial charge in [0, 0.05) is 33.6 Å². The number of aliphatic carboxylic acids is 1. The van der Waals surface area contributed by atoms with Gasteiger partial charge in [0.2, 0.25) is 0 Å². The molecule has 1 heterocycles. The van der Waals surface area contributed by atoms with Crippen molar-refractivity contribution in [2.75, 3.05) is 0 Å². The average Bonchev–Trinajstić information content (AvgIpc) is 3.18. The molecule has 7 nitrogen and oxygen atoms in total. The molecule has 2 aliphatic rings. The van der Waals surface area contributed by atoms with Gasteiger partial charge in [-0.25, -0.2) is 0 Å². The molecule has 0 unspecified atom stereocenters. The predicted octanol–water partition coefficient (Wildman–Crippen LogP) is 8.23. The van der Waals surface area contributed by atoms with E-state index in [1.807, 2.05) is 0 Å². The standard InChI is InChI=1S/C33H38Cl2F3N3O4/c1-19(15-27(42)43)39-29(44)21-7-5-20(6-8-21)26(11-14-33(36,37)38)41-30(45)28(22-16-24(34)18-25(35)17-22)40-32(41)12-9-23(10-13-32)31(2,3)4/h5-8,16-19,23,26H,9-15H2,1-4H3,(H,39,44)(H,42,43)/t19-,23?,26+,32?/m0/s1. The van der Waals surface area contributed by atoms with E-state index in [4.69, 9.17) is 33.3 Å². The van der Waals surface area contributed by atoms with Gasteiger partial charge in [-0.05, 0) is 86.3 Å². The largest absolute Gasteiger partial charge is 0.481 e. The number of nitrogens with one attached hydrogen (secondary N) is 1. The van der Waals surface area contributed by atoms with Crippen molar-refractivity contribution in [1.82, 2.24) is 10.2 Å². The van der Waals surface area contributed by atoms with Gasteiger partial charge >= 0.3 is 12.1 Å². The summed E-state index contributed by atoms with van der Waals surface area (Å²) in [5.74, 6) is -1.73. The lowest BCUT2D eigenvalue weighted by molar-refractivity contribution is -0.147. The molecule has 1 spiro atoms. The zero-order valence-corrected chi connectivity index (χ0v) is 27.2. The highest BCUT2D eigenvalue weighted by Gasteiger charge is 2.53. The molecule has 244 valence electrons. The van der Waals surface area contributed by atoms with Crippen molar-refractivity contribution in [3.8, 4) is 0 Å². The molecule has 2 N–H and O–H groups in total. The number of hydrogen-bond donors (Lipinski definition) is 2. The van der Waals surface area contributed by atoms with Crippen LogP contribution in [0.15, 0.2) is 47.5 Å². The third kappa shape index (κ3) is 8.38. The van der Waals surface area contributed by atoms with Crippen LogP contribution in [-0.4, -0.2) is 51.4 Å². The maximum Gasteiger partial charge on any atom is 0.389 e. The van der Waals surface area contributed by atoms with Crippen molar-refractivity contribution >= 4 is 46.7 Å². The molecule has 2 amide bonds. The first-order chi connectivity index (χ1) is 20.9. The summed E-state index contributed by atoms with van der Waals surface area (Å²) in [5.41, 5.74) is 0.0887. The third-order valence-corrected chi connectivity index (χ3v) is 9.20. The second-order valence-electron chi connectivity index (χ2n) is 13.2. The highest BCUT2D eigenvalue weighted by Crippen LogP contribution is 2.50. The first-order valence-corrected chi connectivity index (χ1v) is 15.7. The monoisotopic (exact) mass is 667 g/mol. The number of halogens is 5. The minimum absolute atomic E-state index is 0.0101. The van der Waals surface area contributed by atoms with Gasteiger partial charge in [-0.2, -0.15) is 13.2 Å². The number of benzene rings is 2. The zero-order chi connectivity index (χ0) is 33.3. The number of carboxylic acid groups (broad SMARTS) is 1. The molecule has 0 bridgehead atoms. The molecule has 0 aromatic heterocycles. The van der Waals surface area contributed by atoms with Gasteiger partial charge in [-0.15, -0.1) is 0 Å². The summed E-state index contributed by atoms with van der Waals surface area (Å²) in [6.07, 6.45) is -3.84. The van der Waals surface area contributed by atoms with E-state index in [-0.39, 0.29) is 23.1 Å². The Morgan fingerprint density at radius 2 is 1.64 bits per heavy atom. The van der Waals surface area contributed by atoms with Crippen LogP contribution in [0.1, 0.15) is 100 Å². The second-order valence-corrected chi connectivity index (χ2v) is 14.1. The van der Waals surface area contributed by atoms with E-state index in [1.165, 1.54) is 23.1 Å². The van der Waals surface area contributed by atoms with Crippen LogP contribution in [-0.2, 0) is 9.59 Å². The van der Waals surface area contributed by atoms with E-state index in [0.29, 0.717) is 39.9 Å². The van der Waals surface area contributed by atoms with Gasteiger partial charge in [-0.3, -0.25) is 19.4 Å². The lowest BCUT2D eigenvalue weighted by Gasteiger charge is -2.47. The molecule has 2 atom stereocenters. The highest BCUT2D eigenvalue weighted by atomic mass is 35.5. The van der Waals surface area contributed by atoms with Crippen molar-refractivity contribution in [2.45, 2.75) is 96.6 Å². The van der Waals surface area contributed by atoms with Crippen LogP contribution >= 0.6 is 23.2 Å². The Balaban J connectivity index is 1.75. The maximum absolute atomic E-state index is 14.3. The molecule has 4 rings (SSSR count). The van der Waals surface area contributed by atoms with Crippen LogP contribution in [0.4, 0.5) is 13.2 Å². The van der Waals surface area contributed by atoms with E-state index < -0.39 is 54.5 Å². The third-order valence-electron chi connectivity index (χ3n) is 8.77. The molecular formula is C33H38Cl2F3N3O4. The Morgan fingerprint density at radius 1 is 1.07 bits per heavy atom. The highest BCUT2D eigenvalue weighted by molar-refractivity contribution is 6.47. The topological polar surface area (TPSA) is 99.1 Å². The number of aliphatic imine (C=N–C) groups is 1. The van der Waals surface area contributed by atoms with Crippen LogP contribution in [0, 0.1) is 11.3 Å². The van der Waals surface area contributed by atoms with E-state index in [9.17, 15) is 27.6 Å². The Hall–Kier alpha value is -3.11. The minimum Gasteiger partial charge on any atom is -0.481 e. The van der Waals surface area contributed by atoms with Gasteiger partial charge in [0.1, 0.15) is 11.4 Å². The summed E-state index contributed by atoms with van der Waals surface area (Å²) in [6, 6.07) is 9.10. The normalized spacial score (nSPS) is 21.9. The summed E-state index contributed by atoms with van der Waals surface area (Å²) >= 11 is 12.5. The Morgan fingerprint density at radius 3 is 2.16 bits per heavy atom. The Kier molecular flexibility index (Phi) is 10.3. The lowest BCUT2D eigenvalue weighted by atomic mass is 9.69. The minimum atomic E-state index is -4.47. The molecule has 2 aromatic carbocycles. The van der Waals surface area contributed by atoms with Gasteiger partial charge in [0.05, 0.1) is 12.5 Å². The molecule has 1 aliphatic heterocycles. The van der Waals surface area contributed by atoms with Crippen LogP contribution < -0.4 is 5.32 Å². The number of nitrogens with zero attached hydrogens (tertiary/aromatic N) is 2. The summed E-state index contributed by atoms with van der Waals surface area (Å²) in [4.78, 5) is 44.5. The molecule has 1 saturated carbocycles. The first kappa shape index (κ1) is 34.8. The van der Waals surface area contributed by atoms with Crippen molar-refractivity contribution in [2.24, 2.45) is 16.3 Å². The van der Waals surface area contributed by atoms with E-state index >= 15 is 0 Å². The van der Waals surface area contributed by atoms with Crippen LogP contribution in [0.2, 0.25) is 10.0 Å². The van der Waals surface area contributed by atoms with Gasteiger partial charge in [-0.1, -0.05) is 56.1 Å². The molecule has 45 heavy (non-hydrogen) atoms. The molecular weight excluding hydrogens is 630 g/mol. The molecule has 0 radical (unpaired) electrons. The van der Waals surface area contributed by atoms with Crippen molar-refractivity contribution in [3.05, 3.63) is 69.2 Å². The SMILES string of the molecule is C[C@@H](CC(=O)O)NC(=O)c1ccc([C@@H](CCC(F)(F)F)N2C(=O)C(c3cc(Cl)cc(Cl)c3)=NC23CCC(C(C)(C)C)CC3)cc1. The van der Waals surface area contributed by atoms with E-state index in [2.05, 4.69) is 26.1 Å². The van der Waals surface area contributed by atoms with E-state index in [0.717, 1.165) is 12.8 Å². The summed E-state index contributed by atoms with van der Waals surface area (Å²) < 4.78 is 41.1. The fourth-order valence-corrected chi connectivity index (χ4v) is 6.97. The zero-order valence-electron chi connectivity index (χ0n) is 25.7. The molecule has 0 saturated heterocycles. The van der Waals surface area contributed by atoms with Gasteiger partial charge < -0.3 is 15.3 Å². The quantitative estimate of drug-likeness (QED) is 0.281. The number of rotatable bonds is 9. The number of carboxylic acids is 1. The Bertz CT molecular complexity index is 1440. The molecule has 1 aliphatic carbocycles. The van der Waals surface area contributed by atoms with Gasteiger partial charge in [0.15, 0.2) is 0 Å². The number of alkyl halides is 3. The number of carbonyl (C=O) groups excluding carboxylic acids is 2. The maximum atomic E-state index is 14.3. The molecule has 2 aromatic rings. The molecule has 1 fully saturated rings. The van der Waals surface area contributed by atoms with E-state index in [1.54, 1.807) is 31.2 Å². The summed E-state index contributed by atoms with van der Waals surface area (Å²) in [7, 11) is 0. The smallest absolute Gasteiger partial charge is 0.389 e. The predicted molar refractivity (Wildman–Crippen MR) is 168 cm³/mol. The van der Waals surface area contributed by atoms with Crippen LogP contribution in [0.3, 0.4) is 0 Å². The van der Waals surface area contributed by atoms with Crippen molar-refractivity contribution < 1.29 is 32.7 Å². The van der Waals surface area contributed by atoms with Crippen molar-refractivity contribution in [1.29, 1.82) is 0 Å². The molecule has 12 heteroatoms. The Labute approximate surface area is 271 Å². The van der Waals surface area contributed by atoms with Crippen LogP contribution in [0.25, 0.3) is 0 Å². The number of carbonyl (C=O) groups is 3. The fraction of sp³-hybridized carbons (Fsp3) is 0.515. The van der Waals surface area contributed by atoms with Crippen LogP contribution in [0.5, 0.6) is 0 Å². The lowest BCUT2D eigenvalue weighted by Crippen LogP contribution is -2.51. The first-order valence-electron chi connectivity index (χ1n) is 15.0. The van der Waals surface area contributed by atoms with Gasteiger partial charge in [0.25, 0.3) is 11.8 Å². The average molecular weight is 669 g/mol. The number of hydrogen-bond acceptors (Lipinski definition) is 4. The second kappa shape index (κ2) is 13.3. The summed E-state index contributed by atoms with van der Waals surface area (Å²) in [6.45, 7) is 8.03. The summed E-state index contributed by atoms with van der Waals surface area (Å²) in [5, 5.41) is 12.2.